The molecule has 2 rings (SSSR count). The number of ether oxygens (including phenoxy) is 2. The van der Waals surface area contributed by atoms with Gasteiger partial charge in [-0.2, -0.15) is 0 Å². The number of aromatic carboxylic acids is 1. The average molecular weight is 401 g/mol. The highest BCUT2D eigenvalue weighted by Gasteiger charge is 2.17. The molecule has 0 radical (unpaired) electrons. The molecule has 8 nitrogen and oxygen atoms in total. The Hall–Kier alpha value is -3.72. The topological polar surface area (TPSA) is 149 Å². The Balaban J connectivity index is 2.20. The number of carboxylic acid groups (broad SMARTS) is 1. The van der Waals surface area contributed by atoms with Gasteiger partial charge in [-0.25, -0.2) is 9.18 Å². The molecule has 0 aliphatic rings. The van der Waals surface area contributed by atoms with Gasteiger partial charge < -0.3 is 26.0 Å². The predicted molar refractivity (Wildman–Crippen MR) is 106 cm³/mol. The number of carbonyl (C=O) groups is 2. The third kappa shape index (κ3) is 5.39. The number of nitrogens with two attached hydrogens (primary N) is 2. The summed E-state index contributed by atoms with van der Waals surface area (Å²) < 4.78 is 24.2. The Morgan fingerprint density at radius 1 is 1.17 bits per heavy atom. The Morgan fingerprint density at radius 3 is 2.38 bits per heavy atom. The first kappa shape index (κ1) is 21.6. The van der Waals surface area contributed by atoms with Crippen LogP contribution in [-0.4, -0.2) is 42.9 Å². The van der Waals surface area contributed by atoms with E-state index in [0.717, 1.165) is 12.1 Å². The molecule has 0 amide bonds. The Kier molecular flexibility index (Phi) is 7.05. The van der Waals surface area contributed by atoms with E-state index >= 15 is 0 Å². The summed E-state index contributed by atoms with van der Waals surface area (Å²) in [7, 11) is 1.48. The molecule has 6 N–H and O–H groups in total. The van der Waals surface area contributed by atoms with Crippen LogP contribution < -0.4 is 16.2 Å². The summed E-state index contributed by atoms with van der Waals surface area (Å²) in [6.07, 6.45) is 0.998. The molecule has 0 heterocycles. The minimum Gasteiger partial charge on any atom is -0.488 e. The van der Waals surface area contributed by atoms with Crippen molar-refractivity contribution < 1.29 is 28.6 Å². The van der Waals surface area contributed by atoms with E-state index in [1.165, 1.54) is 37.4 Å². The maximum atomic E-state index is 14.2. The molecule has 29 heavy (non-hydrogen) atoms. The van der Waals surface area contributed by atoms with E-state index in [0.29, 0.717) is 5.56 Å². The van der Waals surface area contributed by atoms with E-state index in [1.54, 1.807) is 0 Å². The zero-order chi connectivity index (χ0) is 21.6. The van der Waals surface area contributed by atoms with Crippen molar-refractivity contribution in [2.45, 2.75) is 0 Å². The quantitative estimate of drug-likeness (QED) is 0.217. The average Bonchev–Trinajstić information content (AvgIpc) is 2.69. The summed E-state index contributed by atoms with van der Waals surface area (Å²) in [6, 6.07) is 7.69. The number of carbonyl (C=O) groups excluding carboxylic acids is 1. The van der Waals surface area contributed by atoms with Gasteiger partial charge in [0, 0.05) is 36.2 Å². The van der Waals surface area contributed by atoms with Gasteiger partial charge in [0.05, 0.1) is 12.2 Å². The van der Waals surface area contributed by atoms with Gasteiger partial charge in [-0.05, 0) is 23.8 Å². The Labute approximate surface area is 166 Å². The number of hydrogen-bond acceptors (Lipinski definition) is 7. The van der Waals surface area contributed by atoms with Gasteiger partial charge in [0.1, 0.15) is 12.3 Å². The van der Waals surface area contributed by atoms with Crippen LogP contribution in [0, 0.1) is 11.2 Å². The lowest BCUT2D eigenvalue weighted by Crippen LogP contribution is -2.16. The number of rotatable bonds is 9. The molecule has 9 heteroatoms. The summed E-state index contributed by atoms with van der Waals surface area (Å²) in [5.41, 5.74) is 11.5. The van der Waals surface area contributed by atoms with E-state index in [2.05, 4.69) is 0 Å². The lowest BCUT2D eigenvalue weighted by atomic mass is 10.0. The van der Waals surface area contributed by atoms with Crippen molar-refractivity contribution in [3.05, 3.63) is 65.0 Å². The van der Waals surface area contributed by atoms with Crippen molar-refractivity contribution in [1.82, 2.24) is 0 Å². The molecule has 0 spiro atoms. The van der Waals surface area contributed by atoms with Gasteiger partial charge >= 0.3 is 5.97 Å². The van der Waals surface area contributed by atoms with Gasteiger partial charge in [0.2, 0.25) is 5.78 Å². The summed E-state index contributed by atoms with van der Waals surface area (Å²) in [6.45, 7) is 0.370. The van der Waals surface area contributed by atoms with Crippen LogP contribution in [0.1, 0.15) is 21.5 Å². The molecular weight excluding hydrogens is 381 g/mol. The van der Waals surface area contributed by atoms with Gasteiger partial charge in [0.15, 0.2) is 11.6 Å². The summed E-state index contributed by atoms with van der Waals surface area (Å²) in [5.74, 6) is -2.77. The van der Waals surface area contributed by atoms with Crippen LogP contribution in [0.3, 0.4) is 0 Å². The van der Waals surface area contributed by atoms with E-state index in [1.807, 2.05) is 0 Å². The van der Waals surface area contributed by atoms with Crippen molar-refractivity contribution in [2.75, 3.05) is 26.1 Å². The molecule has 0 fully saturated rings. The second-order valence-electron chi connectivity index (χ2n) is 5.93. The first-order valence-electron chi connectivity index (χ1n) is 8.39. The smallest absolute Gasteiger partial charge is 0.335 e. The molecule has 0 atom stereocenters. The van der Waals surface area contributed by atoms with E-state index < -0.39 is 23.3 Å². The molecule has 0 aliphatic carbocycles. The number of hydrogen-bond donors (Lipinski definition) is 4. The van der Waals surface area contributed by atoms with Crippen LogP contribution in [-0.2, 0) is 9.53 Å². The fraction of sp³-hybridized carbons (Fsp3) is 0.150. The van der Waals surface area contributed by atoms with Gasteiger partial charge in [-0.3, -0.25) is 10.2 Å². The lowest BCUT2D eigenvalue weighted by Gasteiger charge is -2.11. The monoisotopic (exact) mass is 401 g/mol. The maximum absolute atomic E-state index is 14.2. The standard InChI is InChI=1S/C20H20FN3O5/c1-28-6-7-29-18-10-16(23)13(8-14(18)21)19(24)17(25)9-15(22)11-2-4-12(5-3-11)20(26)27/h2-5,8-10,24H,6-7,22-23H2,1H3,(H,26,27)/b15-9-,24-19?. The zero-order valence-corrected chi connectivity index (χ0v) is 15.6. The van der Waals surface area contributed by atoms with E-state index in [4.69, 9.17) is 31.5 Å². The number of ketones is 1. The number of benzene rings is 2. The predicted octanol–water partition coefficient (Wildman–Crippen LogP) is 2.07. The largest absolute Gasteiger partial charge is 0.488 e. The van der Waals surface area contributed by atoms with Crippen molar-refractivity contribution in [1.29, 1.82) is 5.41 Å². The number of methoxy groups -OCH3 is 1. The SMILES string of the molecule is COCCOc1cc(N)c(C(=N)C(=O)/C=C(\N)c2ccc(C(=O)O)cc2)cc1F. The normalized spacial score (nSPS) is 11.2. The van der Waals surface area contributed by atoms with E-state index in [9.17, 15) is 14.0 Å². The molecule has 152 valence electrons. The second-order valence-corrected chi connectivity index (χ2v) is 5.93. The third-order valence-electron chi connectivity index (χ3n) is 3.92. The summed E-state index contributed by atoms with van der Waals surface area (Å²) in [5, 5.41) is 16.9. The molecule has 2 aromatic rings. The third-order valence-corrected chi connectivity index (χ3v) is 3.92. The minimum atomic E-state index is -1.09. The first-order valence-corrected chi connectivity index (χ1v) is 8.39. The molecule has 0 aromatic heterocycles. The highest BCUT2D eigenvalue weighted by molar-refractivity contribution is 6.50. The number of halogens is 1. The fourth-order valence-electron chi connectivity index (χ4n) is 2.37. The zero-order valence-electron chi connectivity index (χ0n) is 15.6. The van der Waals surface area contributed by atoms with Crippen LogP contribution >= 0.6 is 0 Å². The van der Waals surface area contributed by atoms with Crippen LogP contribution in [0.4, 0.5) is 10.1 Å². The molecular formula is C20H20FN3O5. The number of carboxylic acids is 1. The Morgan fingerprint density at radius 2 is 1.79 bits per heavy atom. The van der Waals surface area contributed by atoms with Crippen LogP contribution in [0.15, 0.2) is 42.5 Å². The molecule has 0 aliphatic heterocycles. The molecule has 2 aromatic carbocycles. The van der Waals surface area contributed by atoms with Crippen molar-refractivity contribution in [3.8, 4) is 5.75 Å². The summed E-state index contributed by atoms with van der Waals surface area (Å²) in [4.78, 5) is 23.2. The highest BCUT2D eigenvalue weighted by Crippen LogP contribution is 2.25. The number of allylic oxidation sites excluding steroid dienone is 1. The van der Waals surface area contributed by atoms with Gasteiger partial charge in [-0.15, -0.1) is 0 Å². The molecule has 0 saturated carbocycles. The molecule has 0 unspecified atom stereocenters. The Bertz CT molecular complexity index is 971. The number of nitrogens with one attached hydrogen (secondary N) is 1. The van der Waals surface area contributed by atoms with E-state index in [-0.39, 0.29) is 41.5 Å². The molecule has 0 saturated heterocycles. The van der Waals surface area contributed by atoms with Crippen molar-refractivity contribution in [2.24, 2.45) is 5.73 Å². The lowest BCUT2D eigenvalue weighted by molar-refractivity contribution is -0.108. The van der Waals surface area contributed by atoms with Gasteiger partial charge in [0.25, 0.3) is 0 Å². The fourth-order valence-corrected chi connectivity index (χ4v) is 2.37. The van der Waals surface area contributed by atoms with Crippen molar-refractivity contribution >= 4 is 28.8 Å². The van der Waals surface area contributed by atoms with Crippen LogP contribution in [0.5, 0.6) is 5.75 Å². The van der Waals surface area contributed by atoms with Gasteiger partial charge in [-0.1, -0.05) is 12.1 Å². The number of nitrogen functional groups attached to an aromatic ring is 1. The van der Waals surface area contributed by atoms with Crippen LogP contribution in [0.25, 0.3) is 5.70 Å². The van der Waals surface area contributed by atoms with Crippen molar-refractivity contribution in [3.63, 3.8) is 0 Å². The van der Waals surface area contributed by atoms with Crippen LogP contribution in [0.2, 0.25) is 0 Å². The first-order chi connectivity index (χ1) is 13.7. The highest BCUT2D eigenvalue weighted by atomic mass is 19.1. The summed E-state index contributed by atoms with van der Waals surface area (Å²) >= 11 is 0. The second kappa shape index (κ2) is 9.47. The maximum Gasteiger partial charge on any atom is 0.335 e. The minimum absolute atomic E-state index is 0.00468. The molecule has 0 bridgehead atoms. The number of anilines is 1.